The molecule has 0 atom stereocenters. The molecular formula is C29H36F2N4O3. The van der Waals surface area contributed by atoms with Crippen molar-refractivity contribution in [1.82, 2.24) is 14.9 Å². The van der Waals surface area contributed by atoms with Crippen LogP contribution in [0.15, 0.2) is 36.4 Å². The van der Waals surface area contributed by atoms with Gasteiger partial charge in [-0.1, -0.05) is 32.9 Å². The molecule has 204 valence electrons. The maximum atomic E-state index is 14.0. The second-order valence-corrected chi connectivity index (χ2v) is 11.3. The maximum Gasteiger partial charge on any atom is 0.305 e. The number of carbonyl (C=O) groups excluding carboxylic acids is 1. The monoisotopic (exact) mass is 526 g/mol. The first-order valence-electron chi connectivity index (χ1n) is 13.1. The normalized spacial score (nSPS) is 17.9. The van der Waals surface area contributed by atoms with Crippen molar-refractivity contribution >= 4 is 28.9 Å². The van der Waals surface area contributed by atoms with Crippen LogP contribution >= 0.6 is 0 Å². The molecule has 1 aromatic heterocycles. The second-order valence-electron chi connectivity index (χ2n) is 11.3. The molecule has 1 fully saturated rings. The molecule has 4 rings (SSSR count). The summed E-state index contributed by atoms with van der Waals surface area (Å²) in [5.41, 5.74) is 2.59. The Balaban J connectivity index is 1.59. The van der Waals surface area contributed by atoms with Crippen LogP contribution in [0.2, 0.25) is 0 Å². The predicted octanol–water partition coefficient (Wildman–Crippen LogP) is 5.67. The molecule has 9 heteroatoms. The van der Waals surface area contributed by atoms with Crippen LogP contribution < -0.4 is 10.2 Å². The SMILES string of the molecule is Cn1c(N(Cc2ccc(C(=O)NCCC(=O)O)cc2)C2CCC(C(C)(C)C)CC2)nc2cc(F)c(F)cc21. The molecule has 1 saturated carbocycles. The van der Waals surface area contributed by atoms with Crippen molar-refractivity contribution in [3.63, 3.8) is 0 Å². The highest BCUT2D eigenvalue weighted by Crippen LogP contribution is 2.40. The van der Waals surface area contributed by atoms with Gasteiger partial charge in [-0.15, -0.1) is 0 Å². The molecule has 0 saturated heterocycles. The molecular weight excluding hydrogens is 490 g/mol. The van der Waals surface area contributed by atoms with E-state index >= 15 is 0 Å². The highest BCUT2D eigenvalue weighted by Gasteiger charge is 2.33. The van der Waals surface area contributed by atoms with E-state index in [-0.39, 0.29) is 30.3 Å². The summed E-state index contributed by atoms with van der Waals surface area (Å²) in [6.45, 7) is 7.43. The quantitative estimate of drug-likeness (QED) is 0.395. The Bertz CT molecular complexity index is 1310. The minimum atomic E-state index is -0.968. The number of aliphatic carboxylic acids is 1. The largest absolute Gasteiger partial charge is 0.481 e. The Kier molecular flexibility index (Phi) is 8.04. The van der Waals surface area contributed by atoms with Crippen molar-refractivity contribution in [2.45, 2.75) is 65.5 Å². The summed E-state index contributed by atoms with van der Waals surface area (Å²) in [7, 11) is 1.82. The van der Waals surface area contributed by atoms with E-state index < -0.39 is 17.6 Å². The highest BCUT2D eigenvalue weighted by atomic mass is 19.2. The van der Waals surface area contributed by atoms with Crippen LogP contribution in [0.1, 0.15) is 68.8 Å². The third-order valence-electron chi connectivity index (χ3n) is 7.71. The third-order valence-corrected chi connectivity index (χ3v) is 7.71. The lowest BCUT2D eigenvalue weighted by Crippen LogP contribution is -2.41. The average Bonchev–Trinajstić information content (AvgIpc) is 3.17. The van der Waals surface area contributed by atoms with E-state index in [1.165, 1.54) is 6.07 Å². The van der Waals surface area contributed by atoms with Crippen LogP contribution in [-0.2, 0) is 18.4 Å². The van der Waals surface area contributed by atoms with Gasteiger partial charge in [0.1, 0.15) is 0 Å². The molecule has 0 unspecified atom stereocenters. The number of nitrogens with one attached hydrogen (secondary N) is 1. The summed E-state index contributed by atoms with van der Waals surface area (Å²) in [5.74, 6) is -1.83. The second kappa shape index (κ2) is 11.1. The standard InChI is InChI=1S/C29H36F2N4O3/c1-29(2,3)20-9-11-21(12-10-20)35(28-33-24-15-22(30)23(31)16-25(24)34(28)4)17-18-5-7-19(8-6-18)27(38)32-14-13-26(36)37/h5-8,15-16,20-21H,9-14,17H2,1-4H3,(H,32,38)(H,36,37). The fourth-order valence-corrected chi connectivity index (χ4v) is 5.39. The molecule has 1 heterocycles. The zero-order chi connectivity index (χ0) is 27.6. The number of hydrogen-bond acceptors (Lipinski definition) is 4. The molecule has 7 nitrogen and oxygen atoms in total. The Morgan fingerprint density at radius 1 is 1.08 bits per heavy atom. The van der Waals surface area contributed by atoms with Crippen molar-refractivity contribution in [3.8, 4) is 0 Å². The number of fused-ring (bicyclic) bond motifs is 1. The van der Waals surface area contributed by atoms with E-state index in [1.54, 1.807) is 12.1 Å². The fraction of sp³-hybridized carbons (Fsp3) is 0.483. The van der Waals surface area contributed by atoms with E-state index in [4.69, 9.17) is 10.1 Å². The summed E-state index contributed by atoms with van der Waals surface area (Å²) in [5, 5.41) is 11.4. The lowest BCUT2D eigenvalue weighted by atomic mass is 9.71. The number of halogens is 2. The number of rotatable bonds is 8. The van der Waals surface area contributed by atoms with Crippen LogP contribution in [-0.4, -0.2) is 39.1 Å². The number of aromatic nitrogens is 2. The molecule has 2 aromatic carbocycles. The maximum absolute atomic E-state index is 14.0. The summed E-state index contributed by atoms with van der Waals surface area (Å²) in [6.07, 6.45) is 4.01. The third kappa shape index (κ3) is 6.14. The topological polar surface area (TPSA) is 87.5 Å². The number of anilines is 1. The molecule has 1 aliphatic carbocycles. The van der Waals surface area contributed by atoms with Gasteiger partial charge in [0.15, 0.2) is 11.6 Å². The van der Waals surface area contributed by atoms with E-state index in [0.717, 1.165) is 37.3 Å². The van der Waals surface area contributed by atoms with Gasteiger partial charge in [-0.2, -0.15) is 0 Å². The Morgan fingerprint density at radius 3 is 2.32 bits per heavy atom. The molecule has 0 spiro atoms. The smallest absolute Gasteiger partial charge is 0.305 e. The first-order chi connectivity index (χ1) is 17.9. The Morgan fingerprint density at radius 2 is 1.71 bits per heavy atom. The van der Waals surface area contributed by atoms with Crippen LogP contribution in [0.3, 0.4) is 0 Å². The summed E-state index contributed by atoms with van der Waals surface area (Å²) < 4.78 is 29.8. The van der Waals surface area contributed by atoms with Crippen molar-refractivity contribution in [3.05, 3.63) is 59.2 Å². The van der Waals surface area contributed by atoms with Crippen LogP contribution in [0.25, 0.3) is 11.0 Å². The molecule has 2 N–H and O–H groups in total. The fourth-order valence-electron chi connectivity index (χ4n) is 5.39. The molecule has 3 aromatic rings. The molecule has 1 amide bonds. The van der Waals surface area contributed by atoms with Crippen molar-refractivity contribution < 1.29 is 23.5 Å². The molecule has 0 aliphatic heterocycles. The molecule has 0 bridgehead atoms. The lowest BCUT2D eigenvalue weighted by Gasteiger charge is -2.41. The zero-order valence-electron chi connectivity index (χ0n) is 22.4. The summed E-state index contributed by atoms with van der Waals surface area (Å²) in [6, 6.07) is 9.73. The van der Waals surface area contributed by atoms with E-state index in [2.05, 4.69) is 31.0 Å². The number of carboxylic acids is 1. The number of amides is 1. The van der Waals surface area contributed by atoms with Crippen molar-refractivity contribution in [2.24, 2.45) is 18.4 Å². The minimum absolute atomic E-state index is 0.0643. The van der Waals surface area contributed by atoms with Gasteiger partial charge in [-0.05, 0) is 54.7 Å². The van der Waals surface area contributed by atoms with Crippen LogP contribution in [0.4, 0.5) is 14.7 Å². The van der Waals surface area contributed by atoms with Crippen LogP contribution in [0, 0.1) is 23.0 Å². The Labute approximate surface area is 221 Å². The van der Waals surface area contributed by atoms with Gasteiger partial charge in [0.05, 0.1) is 17.5 Å². The van der Waals surface area contributed by atoms with E-state index in [9.17, 15) is 18.4 Å². The number of benzene rings is 2. The van der Waals surface area contributed by atoms with Gasteiger partial charge in [0, 0.05) is 43.9 Å². The number of hydrogen-bond donors (Lipinski definition) is 2. The summed E-state index contributed by atoms with van der Waals surface area (Å²) in [4.78, 5) is 30.0. The predicted molar refractivity (Wildman–Crippen MR) is 143 cm³/mol. The highest BCUT2D eigenvalue weighted by molar-refractivity contribution is 5.94. The lowest BCUT2D eigenvalue weighted by molar-refractivity contribution is -0.136. The molecule has 38 heavy (non-hydrogen) atoms. The Hall–Kier alpha value is -3.49. The van der Waals surface area contributed by atoms with Gasteiger partial charge in [0.25, 0.3) is 5.91 Å². The molecule has 0 radical (unpaired) electrons. The first-order valence-corrected chi connectivity index (χ1v) is 13.1. The van der Waals surface area contributed by atoms with Gasteiger partial charge in [-0.25, -0.2) is 13.8 Å². The minimum Gasteiger partial charge on any atom is -0.481 e. The number of carbonyl (C=O) groups is 2. The van der Waals surface area contributed by atoms with E-state index in [1.807, 2.05) is 23.7 Å². The molecule has 1 aliphatic rings. The van der Waals surface area contributed by atoms with Gasteiger partial charge >= 0.3 is 5.97 Å². The number of aryl methyl sites for hydroxylation is 1. The first kappa shape index (κ1) is 27.5. The van der Waals surface area contributed by atoms with Gasteiger partial charge < -0.3 is 19.9 Å². The van der Waals surface area contributed by atoms with Crippen LogP contribution in [0.5, 0.6) is 0 Å². The van der Waals surface area contributed by atoms with Crippen molar-refractivity contribution in [1.29, 1.82) is 0 Å². The van der Waals surface area contributed by atoms with Gasteiger partial charge in [-0.3, -0.25) is 9.59 Å². The zero-order valence-corrected chi connectivity index (χ0v) is 22.4. The van der Waals surface area contributed by atoms with Crippen molar-refractivity contribution in [2.75, 3.05) is 11.4 Å². The average molecular weight is 527 g/mol. The number of carboxylic acid groups (broad SMARTS) is 1. The van der Waals surface area contributed by atoms with Gasteiger partial charge in [0.2, 0.25) is 5.95 Å². The van der Waals surface area contributed by atoms with E-state index in [0.29, 0.717) is 35.0 Å². The summed E-state index contributed by atoms with van der Waals surface area (Å²) >= 11 is 0. The number of nitrogens with zero attached hydrogens (tertiary/aromatic N) is 3. The number of imidazole rings is 1.